The molecule has 1 saturated heterocycles. The van der Waals surface area contributed by atoms with Gasteiger partial charge in [-0.1, -0.05) is 42.5 Å². The maximum Gasteiger partial charge on any atom is 0.332 e. The maximum atomic E-state index is 12.6. The number of hydrogen-bond donors (Lipinski definition) is 2. The van der Waals surface area contributed by atoms with E-state index >= 15 is 0 Å². The Morgan fingerprint density at radius 1 is 0.962 bits per heavy atom. The standard InChI is InChI=1S/C19H16N2O5/c22-15-8-6-13(7-9-15)10-16-18(25)21(12-17(23)24)19(26)20(16)11-14-4-2-1-3-5-14/h1-10,22H,11-12H2,(H,23,24)/b16-10+. The zero-order chi connectivity index (χ0) is 18.7. The highest BCUT2D eigenvalue weighted by atomic mass is 16.4. The number of carboxylic acids is 1. The van der Waals surface area contributed by atoms with Crippen molar-refractivity contribution in [2.75, 3.05) is 6.54 Å². The maximum absolute atomic E-state index is 12.6. The first-order valence-corrected chi connectivity index (χ1v) is 7.85. The number of hydrogen-bond acceptors (Lipinski definition) is 4. The van der Waals surface area contributed by atoms with Crippen molar-refractivity contribution in [3.8, 4) is 5.75 Å². The molecule has 0 atom stereocenters. The first kappa shape index (κ1) is 17.2. The molecule has 1 heterocycles. The topological polar surface area (TPSA) is 98.2 Å². The van der Waals surface area contributed by atoms with Crippen molar-refractivity contribution in [3.63, 3.8) is 0 Å². The zero-order valence-electron chi connectivity index (χ0n) is 13.7. The van der Waals surface area contributed by atoms with Crippen LogP contribution in [0.3, 0.4) is 0 Å². The van der Waals surface area contributed by atoms with Gasteiger partial charge in [-0.3, -0.25) is 14.5 Å². The quantitative estimate of drug-likeness (QED) is 0.635. The predicted molar refractivity (Wildman–Crippen MR) is 92.8 cm³/mol. The second-order valence-electron chi connectivity index (χ2n) is 5.76. The largest absolute Gasteiger partial charge is 0.508 e. The Labute approximate surface area is 149 Å². The van der Waals surface area contributed by atoms with Gasteiger partial charge < -0.3 is 10.2 Å². The van der Waals surface area contributed by atoms with Crippen molar-refractivity contribution in [1.29, 1.82) is 0 Å². The van der Waals surface area contributed by atoms with Crippen LogP contribution < -0.4 is 0 Å². The Morgan fingerprint density at radius 2 is 1.62 bits per heavy atom. The molecule has 7 nitrogen and oxygen atoms in total. The number of carbonyl (C=O) groups excluding carboxylic acids is 2. The minimum absolute atomic E-state index is 0.0784. The Bertz CT molecular complexity index is 875. The Kier molecular flexibility index (Phi) is 4.70. The number of carboxylic acid groups (broad SMARTS) is 1. The van der Waals surface area contributed by atoms with Crippen LogP contribution in [0, 0.1) is 0 Å². The van der Waals surface area contributed by atoms with Gasteiger partial charge in [0.05, 0.1) is 6.54 Å². The third kappa shape index (κ3) is 3.56. The third-order valence-corrected chi connectivity index (χ3v) is 3.89. The average molecular weight is 352 g/mol. The van der Waals surface area contributed by atoms with Gasteiger partial charge in [-0.25, -0.2) is 9.69 Å². The molecular formula is C19H16N2O5. The van der Waals surface area contributed by atoms with Crippen molar-refractivity contribution in [2.24, 2.45) is 0 Å². The fourth-order valence-corrected chi connectivity index (χ4v) is 2.65. The summed E-state index contributed by atoms with van der Waals surface area (Å²) in [5, 5.41) is 18.4. The molecule has 26 heavy (non-hydrogen) atoms. The monoisotopic (exact) mass is 352 g/mol. The van der Waals surface area contributed by atoms with E-state index < -0.39 is 24.5 Å². The van der Waals surface area contributed by atoms with E-state index in [4.69, 9.17) is 5.11 Å². The number of benzene rings is 2. The van der Waals surface area contributed by atoms with E-state index in [1.165, 1.54) is 23.1 Å². The Hall–Kier alpha value is -3.61. The third-order valence-electron chi connectivity index (χ3n) is 3.89. The molecule has 132 valence electrons. The van der Waals surface area contributed by atoms with Crippen molar-refractivity contribution in [3.05, 3.63) is 71.4 Å². The van der Waals surface area contributed by atoms with Crippen molar-refractivity contribution >= 4 is 24.0 Å². The van der Waals surface area contributed by atoms with Crippen LogP contribution in [0.4, 0.5) is 4.79 Å². The minimum atomic E-state index is -1.27. The van der Waals surface area contributed by atoms with Crippen LogP contribution >= 0.6 is 0 Å². The summed E-state index contributed by atoms with van der Waals surface area (Å²) in [4.78, 5) is 38.2. The van der Waals surface area contributed by atoms with Gasteiger partial charge in [-0.15, -0.1) is 0 Å². The zero-order valence-corrected chi connectivity index (χ0v) is 13.7. The number of amides is 3. The van der Waals surface area contributed by atoms with Crippen LogP contribution in [0.25, 0.3) is 6.08 Å². The van der Waals surface area contributed by atoms with Gasteiger partial charge in [0, 0.05) is 0 Å². The smallest absolute Gasteiger partial charge is 0.332 e. The summed E-state index contributed by atoms with van der Waals surface area (Å²) in [5.74, 6) is -1.85. The second kappa shape index (κ2) is 7.10. The summed E-state index contributed by atoms with van der Waals surface area (Å²) < 4.78 is 0. The lowest BCUT2D eigenvalue weighted by molar-refractivity contribution is -0.140. The molecule has 3 rings (SSSR count). The molecule has 2 N–H and O–H groups in total. The van der Waals surface area contributed by atoms with E-state index in [0.717, 1.165) is 5.56 Å². The minimum Gasteiger partial charge on any atom is -0.508 e. The van der Waals surface area contributed by atoms with Crippen LogP contribution in [0.15, 0.2) is 60.3 Å². The molecule has 1 fully saturated rings. The summed E-state index contributed by atoms with van der Waals surface area (Å²) >= 11 is 0. The molecule has 7 heteroatoms. The van der Waals surface area contributed by atoms with E-state index in [1.807, 2.05) is 30.3 Å². The molecule has 0 aliphatic carbocycles. The number of nitrogens with zero attached hydrogens (tertiary/aromatic N) is 2. The predicted octanol–water partition coefficient (Wildman–Crippen LogP) is 2.28. The first-order chi connectivity index (χ1) is 12.5. The van der Waals surface area contributed by atoms with Gasteiger partial charge in [-0.05, 0) is 29.3 Å². The van der Waals surface area contributed by atoms with Gasteiger partial charge in [-0.2, -0.15) is 0 Å². The van der Waals surface area contributed by atoms with Crippen LogP contribution in [-0.4, -0.2) is 44.5 Å². The van der Waals surface area contributed by atoms with E-state index in [2.05, 4.69) is 0 Å². The molecule has 0 unspecified atom stereocenters. The average Bonchev–Trinajstić information content (AvgIpc) is 2.83. The SMILES string of the molecule is O=C(O)CN1C(=O)/C(=C\c2ccc(O)cc2)N(Cc2ccccc2)C1=O. The van der Waals surface area contributed by atoms with Crippen LogP contribution in [0.1, 0.15) is 11.1 Å². The molecule has 3 amide bonds. The summed E-state index contributed by atoms with van der Waals surface area (Å²) in [7, 11) is 0. The fraction of sp³-hybridized carbons (Fsp3) is 0.105. The van der Waals surface area contributed by atoms with Crippen LogP contribution in [0.2, 0.25) is 0 Å². The molecular weight excluding hydrogens is 336 g/mol. The normalized spacial score (nSPS) is 15.8. The summed E-state index contributed by atoms with van der Waals surface area (Å²) in [6.07, 6.45) is 1.50. The first-order valence-electron chi connectivity index (χ1n) is 7.85. The van der Waals surface area contributed by atoms with E-state index in [-0.39, 0.29) is 18.0 Å². The van der Waals surface area contributed by atoms with Crippen LogP contribution in [0.5, 0.6) is 5.75 Å². The fourth-order valence-electron chi connectivity index (χ4n) is 2.65. The molecule has 1 aliphatic heterocycles. The summed E-state index contributed by atoms with van der Waals surface area (Å²) in [5.41, 5.74) is 1.50. The summed E-state index contributed by atoms with van der Waals surface area (Å²) in [6, 6.07) is 14.5. The van der Waals surface area contributed by atoms with E-state index in [9.17, 15) is 19.5 Å². The number of rotatable bonds is 5. The van der Waals surface area contributed by atoms with E-state index in [0.29, 0.717) is 10.5 Å². The number of imide groups is 1. The number of urea groups is 1. The second-order valence-corrected chi connectivity index (χ2v) is 5.76. The molecule has 0 saturated carbocycles. The number of aliphatic carboxylic acids is 1. The number of carbonyl (C=O) groups is 3. The van der Waals surface area contributed by atoms with Gasteiger partial charge in [0.2, 0.25) is 0 Å². The van der Waals surface area contributed by atoms with Crippen molar-refractivity contribution in [1.82, 2.24) is 9.80 Å². The number of phenols is 1. The lowest BCUT2D eigenvalue weighted by atomic mass is 10.1. The molecule has 0 aromatic heterocycles. The van der Waals surface area contributed by atoms with Gasteiger partial charge in [0.25, 0.3) is 5.91 Å². The van der Waals surface area contributed by atoms with Crippen LogP contribution in [-0.2, 0) is 16.1 Å². The molecule has 0 bridgehead atoms. The number of phenolic OH excluding ortho intramolecular Hbond substituents is 1. The lowest BCUT2D eigenvalue weighted by Crippen LogP contribution is -2.36. The highest BCUT2D eigenvalue weighted by molar-refractivity contribution is 6.15. The molecule has 0 radical (unpaired) electrons. The van der Waals surface area contributed by atoms with Gasteiger partial charge in [0.15, 0.2) is 0 Å². The summed E-state index contributed by atoms with van der Waals surface area (Å²) in [6.45, 7) is -0.554. The van der Waals surface area contributed by atoms with Gasteiger partial charge >= 0.3 is 12.0 Å². The number of aromatic hydroxyl groups is 1. The molecule has 1 aliphatic rings. The highest BCUT2D eigenvalue weighted by Gasteiger charge is 2.41. The van der Waals surface area contributed by atoms with Gasteiger partial charge in [0.1, 0.15) is 18.0 Å². The van der Waals surface area contributed by atoms with Crippen molar-refractivity contribution in [2.45, 2.75) is 6.54 Å². The van der Waals surface area contributed by atoms with Crippen molar-refractivity contribution < 1.29 is 24.6 Å². The Morgan fingerprint density at radius 3 is 2.23 bits per heavy atom. The Balaban J connectivity index is 1.98. The lowest BCUT2D eigenvalue weighted by Gasteiger charge is -2.16. The molecule has 0 spiro atoms. The highest BCUT2D eigenvalue weighted by Crippen LogP contribution is 2.26. The molecule has 2 aromatic rings. The van der Waals surface area contributed by atoms with E-state index in [1.54, 1.807) is 12.1 Å². The molecule has 2 aromatic carbocycles.